The van der Waals surface area contributed by atoms with Gasteiger partial charge in [-0.05, 0) is 49.9 Å². The molecule has 0 radical (unpaired) electrons. The molecule has 1 aliphatic carbocycles. The van der Waals surface area contributed by atoms with Gasteiger partial charge < -0.3 is 11.1 Å². The van der Waals surface area contributed by atoms with Crippen molar-refractivity contribution >= 4 is 30.1 Å². The normalized spacial score (nSPS) is 18.0. The molecule has 0 heterocycles. The highest BCUT2D eigenvalue weighted by Crippen LogP contribution is 2.39. The lowest BCUT2D eigenvalue weighted by molar-refractivity contribution is -0.125. The van der Waals surface area contributed by atoms with Crippen LogP contribution in [0.15, 0.2) is 29.2 Å². The van der Waals surface area contributed by atoms with E-state index >= 15 is 0 Å². The standard InChI is InChI=1S/C16H23FN2OS.ClH/c1-11(9-21-14-7-5-13(17)6-8-14)15(20)19-16(2,10-18)12-3-4-12;/h5-8,11-12H,3-4,9-10,18H2,1-2H3,(H,19,20);1H. The number of hydrogen-bond acceptors (Lipinski definition) is 3. The van der Waals surface area contributed by atoms with E-state index in [1.165, 1.54) is 12.1 Å². The summed E-state index contributed by atoms with van der Waals surface area (Å²) in [4.78, 5) is 13.3. The second-order valence-corrected chi connectivity index (χ2v) is 7.14. The summed E-state index contributed by atoms with van der Waals surface area (Å²) in [5.74, 6) is 0.883. The summed E-state index contributed by atoms with van der Waals surface area (Å²) in [6.07, 6.45) is 2.29. The molecular formula is C16H24ClFN2OS. The number of amides is 1. The average molecular weight is 347 g/mol. The highest BCUT2D eigenvalue weighted by atomic mass is 35.5. The number of nitrogens with one attached hydrogen (secondary N) is 1. The van der Waals surface area contributed by atoms with E-state index in [1.807, 2.05) is 13.8 Å². The lowest BCUT2D eigenvalue weighted by Gasteiger charge is -2.30. The van der Waals surface area contributed by atoms with Gasteiger partial charge in [0.25, 0.3) is 0 Å². The van der Waals surface area contributed by atoms with Crippen molar-refractivity contribution in [3.63, 3.8) is 0 Å². The molecule has 2 atom stereocenters. The van der Waals surface area contributed by atoms with Crippen LogP contribution in [0.5, 0.6) is 0 Å². The van der Waals surface area contributed by atoms with Crippen molar-refractivity contribution in [1.82, 2.24) is 5.32 Å². The van der Waals surface area contributed by atoms with Crippen molar-refractivity contribution in [2.45, 2.75) is 37.1 Å². The zero-order valence-electron chi connectivity index (χ0n) is 13.0. The molecule has 0 aromatic heterocycles. The molecule has 2 unspecified atom stereocenters. The van der Waals surface area contributed by atoms with Gasteiger partial charge in [0, 0.05) is 23.1 Å². The maximum atomic E-state index is 12.8. The van der Waals surface area contributed by atoms with E-state index in [9.17, 15) is 9.18 Å². The monoisotopic (exact) mass is 346 g/mol. The van der Waals surface area contributed by atoms with Crippen molar-refractivity contribution in [2.75, 3.05) is 12.3 Å². The van der Waals surface area contributed by atoms with Crippen molar-refractivity contribution in [3.8, 4) is 0 Å². The number of hydrogen-bond donors (Lipinski definition) is 2. The second kappa shape index (κ2) is 8.18. The summed E-state index contributed by atoms with van der Waals surface area (Å²) in [7, 11) is 0. The molecule has 1 saturated carbocycles. The molecule has 3 nitrogen and oxygen atoms in total. The summed E-state index contributed by atoms with van der Waals surface area (Å²) >= 11 is 1.56. The van der Waals surface area contributed by atoms with Gasteiger partial charge in [-0.15, -0.1) is 24.2 Å². The first kappa shape index (κ1) is 19.3. The van der Waals surface area contributed by atoms with Gasteiger partial charge in [-0.1, -0.05) is 6.92 Å². The number of benzene rings is 1. The van der Waals surface area contributed by atoms with Gasteiger partial charge >= 0.3 is 0 Å². The Morgan fingerprint density at radius 1 is 1.45 bits per heavy atom. The van der Waals surface area contributed by atoms with Crippen LogP contribution in [0, 0.1) is 17.7 Å². The summed E-state index contributed by atoms with van der Waals surface area (Å²) in [6.45, 7) is 4.42. The predicted molar refractivity (Wildman–Crippen MR) is 91.9 cm³/mol. The van der Waals surface area contributed by atoms with Crippen LogP contribution in [-0.4, -0.2) is 23.7 Å². The highest BCUT2D eigenvalue weighted by molar-refractivity contribution is 7.99. The first-order chi connectivity index (χ1) is 9.94. The van der Waals surface area contributed by atoms with Crippen molar-refractivity contribution < 1.29 is 9.18 Å². The highest BCUT2D eigenvalue weighted by Gasteiger charge is 2.41. The Bertz CT molecular complexity index is 495. The molecule has 0 saturated heterocycles. The molecule has 22 heavy (non-hydrogen) atoms. The Hall–Kier alpha value is -0.780. The third-order valence-corrected chi connectivity index (χ3v) is 5.34. The van der Waals surface area contributed by atoms with Gasteiger partial charge in [0.1, 0.15) is 5.82 Å². The minimum atomic E-state index is -0.272. The van der Waals surface area contributed by atoms with Crippen molar-refractivity contribution in [1.29, 1.82) is 0 Å². The molecule has 0 spiro atoms. The lowest BCUT2D eigenvalue weighted by Crippen LogP contribution is -2.54. The molecule has 124 valence electrons. The molecule has 1 aromatic rings. The SMILES string of the molecule is CC(CSc1ccc(F)cc1)C(=O)NC(C)(CN)C1CC1.Cl. The van der Waals surface area contributed by atoms with Gasteiger partial charge in [-0.2, -0.15) is 0 Å². The number of rotatable bonds is 7. The molecule has 6 heteroatoms. The van der Waals surface area contributed by atoms with Crippen molar-refractivity contribution in [3.05, 3.63) is 30.1 Å². The van der Waals surface area contributed by atoms with Gasteiger partial charge in [0.05, 0.1) is 5.54 Å². The summed E-state index contributed by atoms with van der Waals surface area (Å²) in [5.41, 5.74) is 5.55. The van der Waals surface area contributed by atoms with E-state index in [0.29, 0.717) is 18.2 Å². The molecule has 0 aliphatic heterocycles. The lowest BCUT2D eigenvalue weighted by atomic mass is 9.95. The largest absolute Gasteiger partial charge is 0.349 e. The van der Waals surface area contributed by atoms with Gasteiger partial charge in [-0.3, -0.25) is 4.79 Å². The second-order valence-electron chi connectivity index (χ2n) is 6.05. The van der Waals surface area contributed by atoms with Crippen LogP contribution in [0.3, 0.4) is 0 Å². The topological polar surface area (TPSA) is 55.1 Å². The number of carbonyl (C=O) groups excluding carboxylic acids is 1. The van der Waals surface area contributed by atoms with Gasteiger partial charge in [0.15, 0.2) is 0 Å². The van der Waals surface area contributed by atoms with E-state index in [1.54, 1.807) is 23.9 Å². The number of halogens is 2. The van der Waals surface area contributed by atoms with E-state index in [4.69, 9.17) is 5.73 Å². The Labute approximate surface area is 142 Å². The van der Waals surface area contributed by atoms with E-state index < -0.39 is 0 Å². The third kappa shape index (κ3) is 5.14. The zero-order chi connectivity index (χ0) is 15.5. The zero-order valence-corrected chi connectivity index (χ0v) is 14.6. The third-order valence-electron chi connectivity index (χ3n) is 4.07. The summed E-state index contributed by atoms with van der Waals surface area (Å²) < 4.78 is 12.8. The summed E-state index contributed by atoms with van der Waals surface area (Å²) in [6, 6.07) is 6.34. The minimum absolute atomic E-state index is 0. The molecule has 0 bridgehead atoms. The fraction of sp³-hybridized carbons (Fsp3) is 0.562. The minimum Gasteiger partial charge on any atom is -0.349 e. The van der Waals surface area contributed by atoms with Crippen LogP contribution in [-0.2, 0) is 4.79 Å². The molecule has 1 aromatic carbocycles. The number of nitrogens with two attached hydrogens (primary N) is 1. The Morgan fingerprint density at radius 2 is 2.05 bits per heavy atom. The van der Waals surface area contributed by atoms with Crippen molar-refractivity contribution in [2.24, 2.45) is 17.6 Å². The van der Waals surface area contributed by atoms with Crippen LogP contribution >= 0.6 is 24.2 Å². The fourth-order valence-corrected chi connectivity index (χ4v) is 3.19. The quantitative estimate of drug-likeness (QED) is 0.745. The van der Waals surface area contributed by atoms with E-state index in [2.05, 4.69) is 5.32 Å². The Balaban J connectivity index is 0.00000242. The molecule has 1 aliphatic rings. The van der Waals surface area contributed by atoms with Crippen LogP contribution in [0.4, 0.5) is 4.39 Å². The predicted octanol–water partition coefficient (Wildman–Crippen LogP) is 3.22. The van der Waals surface area contributed by atoms with E-state index in [-0.39, 0.29) is 35.6 Å². The first-order valence-electron chi connectivity index (χ1n) is 7.35. The number of carbonyl (C=O) groups is 1. The first-order valence-corrected chi connectivity index (χ1v) is 8.33. The maximum absolute atomic E-state index is 12.8. The molecule has 3 N–H and O–H groups in total. The Kier molecular flexibility index (Phi) is 7.16. The maximum Gasteiger partial charge on any atom is 0.224 e. The smallest absolute Gasteiger partial charge is 0.224 e. The van der Waals surface area contributed by atoms with Crippen LogP contribution in [0.25, 0.3) is 0 Å². The van der Waals surface area contributed by atoms with Gasteiger partial charge in [0.2, 0.25) is 5.91 Å². The molecular weight excluding hydrogens is 323 g/mol. The van der Waals surface area contributed by atoms with E-state index in [0.717, 1.165) is 17.7 Å². The fourth-order valence-electron chi connectivity index (χ4n) is 2.27. The van der Waals surface area contributed by atoms with Crippen LogP contribution in [0.1, 0.15) is 26.7 Å². The average Bonchev–Trinajstić information content (AvgIpc) is 3.31. The Morgan fingerprint density at radius 3 is 2.55 bits per heavy atom. The van der Waals surface area contributed by atoms with Crippen LogP contribution in [0.2, 0.25) is 0 Å². The van der Waals surface area contributed by atoms with Crippen LogP contribution < -0.4 is 11.1 Å². The molecule has 1 fully saturated rings. The molecule has 2 rings (SSSR count). The summed E-state index contributed by atoms with van der Waals surface area (Å²) in [5, 5.41) is 3.11. The van der Waals surface area contributed by atoms with Gasteiger partial charge in [-0.25, -0.2) is 4.39 Å². The number of thioether (sulfide) groups is 1. The molecule has 1 amide bonds.